The summed E-state index contributed by atoms with van der Waals surface area (Å²) in [6.45, 7) is 6.18. The number of hydroxylamine groups is 2. The maximum Gasteiger partial charge on any atom is 0.277 e. The molecule has 1 atom stereocenters. The molecular formula is C19H23N5O2. The molecule has 0 spiro atoms. The van der Waals surface area contributed by atoms with Crippen molar-refractivity contribution in [1.29, 1.82) is 0 Å². The van der Waals surface area contributed by atoms with E-state index in [2.05, 4.69) is 35.9 Å². The molecule has 0 bridgehead atoms. The van der Waals surface area contributed by atoms with Crippen molar-refractivity contribution >= 4 is 5.91 Å². The third-order valence-electron chi connectivity index (χ3n) is 5.04. The number of pyridine rings is 1. The molecule has 0 saturated carbocycles. The number of carbonyl (C=O) groups is 1. The fourth-order valence-electron chi connectivity index (χ4n) is 3.69. The smallest absolute Gasteiger partial charge is 0.277 e. The minimum atomic E-state index is -0.0182. The van der Waals surface area contributed by atoms with Crippen molar-refractivity contribution in [3.63, 3.8) is 0 Å². The molecule has 4 heterocycles. The van der Waals surface area contributed by atoms with Crippen LogP contribution in [0, 0.1) is 0 Å². The Labute approximate surface area is 153 Å². The summed E-state index contributed by atoms with van der Waals surface area (Å²) in [6, 6.07) is 4.15. The van der Waals surface area contributed by atoms with Crippen LogP contribution in [0.3, 0.4) is 0 Å². The van der Waals surface area contributed by atoms with Crippen LogP contribution in [0.2, 0.25) is 0 Å². The molecule has 7 nitrogen and oxygen atoms in total. The zero-order valence-electron chi connectivity index (χ0n) is 15.3. The van der Waals surface area contributed by atoms with Gasteiger partial charge in [-0.25, -0.2) is 5.06 Å². The monoisotopic (exact) mass is 353 g/mol. The molecule has 0 saturated heterocycles. The third-order valence-corrected chi connectivity index (χ3v) is 5.04. The zero-order chi connectivity index (χ0) is 18.3. The van der Waals surface area contributed by atoms with Crippen molar-refractivity contribution in [2.24, 2.45) is 0 Å². The van der Waals surface area contributed by atoms with Crippen molar-refractivity contribution in [1.82, 2.24) is 24.7 Å². The molecule has 0 aliphatic carbocycles. The second-order valence-electron chi connectivity index (χ2n) is 6.52. The van der Waals surface area contributed by atoms with E-state index >= 15 is 0 Å². The predicted molar refractivity (Wildman–Crippen MR) is 96.4 cm³/mol. The molecule has 3 aliphatic heterocycles. The molecule has 0 radical (unpaired) electrons. The number of hydrogen-bond donors (Lipinski definition) is 0. The SMILES string of the molecule is CCN1C2=C(C=CC1C)N(Cc1ccncc1)C(=O)C1=CN(OC)CN12. The average molecular weight is 353 g/mol. The summed E-state index contributed by atoms with van der Waals surface area (Å²) in [5.74, 6) is 1.04. The molecule has 0 fully saturated rings. The standard InChI is InChI=1S/C19H23N5O2/c1-4-22-14(2)5-6-16-18(22)24-13-21(26-3)12-17(24)19(25)23(16)11-15-7-9-20-10-8-15/h5-10,12,14H,4,11,13H2,1-3H3. The van der Waals surface area contributed by atoms with Gasteiger partial charge in [0.15, 0.2) is 0 Å². The van der Waals surface area contributed by atoms with Crippen molar-refractivity contribution < 1.29 is 9.63 Å². The minimum Gasteiger partial charge on any atom is -0.350 e. The number of hydrogen-bond acceptors (Lipinski definition) is 6. The minimum absolute atomic E-state index is 0.0182. The third kappa shape index (κ3) is 2.55. The van der Waals surface area contributed by atoms with Gasteiger partial charge in [-0.1, -0.05) is 6.08 Å². The second-order valence-corrected chi connectivity index (χ2v) is 6.52. The molecule has 4 rings (SSSR count). The van der Waals surface area contributed by atoms with E-state index in [0.29, 0.717) is 18.9 Å². The van der Waals surface area contributed by atoms with Crippen LogP contribution in [0.15, 0.2) is 60.1 Å². The van der Waals surface area contributed by atoms with Crippen molar-refractivity contribution in [2.45, 2.75) is 26.4 Å². The largest absolute Gasteiger partial charge is 0.350 e. The molecule has 1 amide bonds. The lowest BCUT2D eigenvalue weighted by Gasteiger charge is -2.45. The van der Waals surface area contributed by atoms with Crippen LogP contribution >= 0.6 is 0 Å². The van der Waals surface area contributed by atoms with E-state index in [1.165, 1.54) is 0 Å². The fourth-order valence-corrected chi connectivity index (χ4v) is 3.69. The van der Waals surface area contributed by atoms with Crippen molar-refractivity contribution in [3.05, 3.63) is 65.7 Å². The Morgan fingerprint density at radius 1 is 1.31 bits per heavy atom. The maximum absolute atomic E-state index is 13.2. The molecule has 0 N–H and O–H groups in total. The lowest BCUT2D eigenvalue weighted by Crippen LogP contribution is -2.51. The number of carbonyl (C=O) groups excluding carboxylic acids is 1. The highest BCUT2D eigenvalue weighted by Gasteiger charge is 2.42. The van der Waals surface area contributed by atoms with Gasteiger partial charge in [0.2, 0.25) is 0 Å². The number of aromatic nitrogens is 1. The Morgan fingerprint density at radius 3 is 2.77 bits per heavy atom. The van der Waals surface area contributed by atoms with Gasteiger partial charge in [0.25, 0.3) is 5.91 Å². The Hall–Kier alpha value is -2.80. The van der Waals surface area contributed by atoms with Crippen LogP contribution in [-0.2, 0) is 16.2 Å². The number of likely N-dealkylation sites (N-methyl/N-ethyl adjacent to an activating group) is 1. The van der Waals surface area contributed by atoms with E-state index in [4.69, 9.17) is 4.84 Å². The van der Waals surface area contributed by atoms with E-state index in [1.54, 1.807) is 30.8 Å². The van der Waals surface area contributed by atoms with Crippen LogP contribution in [0.1, 0.15) is 19.4 Å². The van der Waals surface area contributed by atoms with Gasteiger partial charge in [-0.15, -0.1) is 0 Å². The van der Waals surface area contributed by atoms with Gasteiger partial charge in [-0.05, 0) is 37.6 Å². The summed E-state index contributed by atoms with van der Waals surface area (Å²) in [5.41, 5.74) is 2.62. The van der Waals surface area contributed by atoms with Gasteiger partial charge in [0.05, 0.1) is 25.6 Å². The van der Waals surface area contributed by atoms with Gasteiger partial charge in [0, 0.05) is 25.0 Å². The summed E-state index contributed by atoms with van der Waals surface area (Å²) in [4.78, 5) is 28.9. The van der Waals surface area contributed by atoms with Gasteiger partial charge in [-0.2, -0.15) is 0 Å². The van der Waals surface area contributed by atoms with E-state index in [9.17, 15) is 4.79 Å². The molecule has 7 heteroatoms. The zero-order valence-corrected chi connectivity index (χ0v) is 15.3. The normalized spacial score (nSPS) is 22.0. The molecule has 1 aromatic heterocycles. The van der Waals surface area contributed by atoms with Crippen LogP contribution in [-0.4, -0.2) is 57.0 Å². The summed E-state index contributed by atoms with van der Waals surface area (Å²) in [5, 5.41) is 1.69. The fraction of sp³-hybridized carbons (Fsp3) is 0.368. The number of allylic oxidation sites excluding steroid dienone is 1. The molecule has 1 aromatic rings. The van der Waals surface area contributed by atoms with E-state index in [-0.39, 0.29) is 11.9 Å². The van der Waals surface area contributed by atoms with Crippen LogP contribution < -0.4 is 0 Å². The number of fused-ring (bicyclic) bond motifs is 2. The molecule has 136 valence electrons. The first kappa shape index (κ1) is 16.7. The van der Waals surface area contributed by atoms with E-state index < -0.39 is 0 Å². The van der Waals surface area contributed by atoms with Crippen molar-refractivity contribution in [3.8, 4) is 0 Å². The van der Waals surface area contributed by atoms with Crippen LogP contribution in [0.4, 0.5) is 0 Å². The Morgan fingerprint density at radius 2 is 2.08 bits per heavy atom. The molecule has 1 unspecified atom stereocenters. The Kier molecular flexibility index (Phi) is 4.16. The number of amides is 1. The highest BCUT2D eigenvalue weighted by molar-refractivity contribution is 5.96. The molecule has 0 aromatic carbocycles. The van der Waals surface area contributed by atoms with Gasteiger partial charge < -0.3 is 4.90 Å². The first-order chi connectivity index (χ1) is 12.6. The summed E-state index contributed by atoms with van der Waals surface area (Å²) in [6.07, 6.45) is 9.50. The molecular weight excluding hydrogens is 330 g/mol. The van der Waals surface area contributed by atoms with Gasteiger partial charge >= 0.3 is 0 Å². The van der Waals surface area contributed by atoms with Gasteiger partial charge in [0.1, 0.15) is 18.2 Å². The highest BCUT2D eigenvalue weighted by Crippen LogP contribution is 2.38. The number of rotatable bonds is 4. The number of nitrogens with zero attached hydrogens (tertiary/aromatic N) is 5. The topological polar surface area (TPSA) is 52.1 Å². The van der Waals surface area contributed by atoms with E-state index in [1.807, 2.05) is 21.9 Å². The maximum atomic E-state index is 13.2. The molecule has 3 aliphatic rings. The lowest BCUT2D eigenvalue weighted by molar-refractivity contribution is -0.129. The average Bonchev–Trinajstić information content (AvgIpc) is 3.10. The van der Waals surface area contributed by atoms with Gasteiger partial charge in [-0.3, -0.25) is 24.4 Å². The van der Waals surface area contributed by atoms with Crippen LogP contribution in [0.5, 0.6) is 0 Å². The first-order valence-electron chi connectivity index (χ1n) is 8.84. The Bertz CT molecular complexity index is 801. The summed E-state index contributed by atoms with van der Waals surface area (Å²) >= 11 is 0. The quantitative estimate of drug-likeness (QED) is 0.823. The molecule has 26 heavy (non-hydrogen) atoms. The highest BCUT2D eigenvalue weighted by atomic mass is 16.7. The first-order valence-corrected chi connectivity index (χ1v) is 8.84. The van der Waals surface area contributed by atoms with E-state index in [0.717, 1.165) is 23.6 Å². The lowest BCUT2D eigenvalue weighted by atomic mass is 10.1. The second kappa shape index (κ2) is 6.49. The van der Waals surface area contributed by atoms with Crippen LogP contribution in [0.25, 0.3) is 0 Å². The predicted octanol–water partition coefficient (Wildman–Crippen LogP) is 1.85. The summed E-state index contributed by atoms with van der Waals surface area (Å²) < 4.78 is 0. The Balaban J connectivity index is 1.80. The summed E-state index contributed by atoms with van der Waals surface area (Å²) in [7, 11) is 1.62. The van der Waals surface area contributed by atoms with Crippen molar-refractivity contribution in [2.75, 3.05) is 20.3 Å².